The van der Waals surface area contributed by atoms with Gasteiger partial charge in [0.2, 0.25) is 0 Å². The molecule has 2 amide bonds. The van der Waals surface area contributed by atoms with E-state index in [0.29, 0.717) is 13.1 Å². The van der Waals surface area contributed by atoms with E-state index < -0.39 is 0 Å². The van der Waals surface area contributed by atoms with Gasteiger partial charge >= 0.3 is 6.03 Å². The van der Waals surface area contributed by atoms with Crippen molar-refractivity contribution in [2.45, 2.75) is 46.1 Å². The SMILES string of the molecule is Cc1ccc(CNC(=O)NCCc2nc(C(C)(C)C)cs2)cc1. The van der Waals surface area contributed by atoms with E-state index in [2.05, 4.69) is 41.8 Å². The number of carbonyl (C=O) groups excluding carboxylic acids is 1. The first-order chi connectivity index (χ1) is 10.8. The smallest absolute Gasteiger partial charge is 0.315 e. The molecular weight excluding hydrogens is 306 g/mol. The summed E-state index contributed by atoms with van der Waals surface area (Å²) >= 11 is 1.66. The van der Waals surface area contributed by atoms with Crippen LogP contribution in [0.25, 0.3) is 0 Å². The number of hydrogen-bond donors (Lipinski definition) is 2. The second-order valence-electron chi connectivity index (χ2n) is 6.72. The van der Waals surface area contributed by atoms with Gasteiger partial charge in [-0.3, -0.25) is 0 Å². The predicted octanol–water partition coefficient (Wildman–Crippen LogP) is 3.79. The van der Waals surface area contributed by atoms with Crippen LogP contribution in [-0.2, 0) is 18.4 Å². The maximum Gasteiger partial charge on any atom is 0.315 e. The van der Waals surface area contributed by atoms with E-state index in [9.17, 15) is 4.79 Å². The van der Waals surface area contributed by atoms with Crippen LogP contribution in [0.3, 0.4) is 0 Å². The summed E-state index contributed by atoms with van der Waals surface area (Å²) in [6, 6.07) is 8.01. The molecule has 1 aromatic carbocycles. The lowest BCUT2D eigenvalue weighted by molar-refractivity contribution is 0.240. The van der Waals surface area contributed by atoms with Gasteiger partial charge in [-0.15, -0.1) is 11.3 Å². The summed E-state index contributed by atoms with van der Waals surface area (Å²) in [5, 5.41) is 8.91. The molecule has 0 aliphatic carbocycles. The van der Waals surface area contributed by atoms with Crippen molar-refractivity contribution in [2.75, 3.05) is 6.54 Å². The van der Waals surface area contributed by atoms with Crippen LogP contribution >= 0.6 is 11.3 Å². The Bertz CT molecular complexity index is 641. The first kappa shape index (κ1) is 17.5. The van der Waals surface area contributed by atoms with Gasteiger partial charge in [0.15, 0.2) is 0 Å². The predicted molar refractivity (Wildman–Crippen MR) is 95.9 cm³/mol. The van der Waals surface area contributed by atoms with Crippen molar-refractivity contribution in [3.05, 3.63) is 51.5 Å². The lowest BCUT2D eigenvalue weighted by Crippen LogP contribution is -2.36. The number of benzene rings is 1. The summed E-state index contributed by atoms with van der Waals surface area (Å²) in [6.07, 6.45) is 0.763. The fourth-order valence-electron chi connectivity index (χ4n) is 2.00. The topological polar surface area (TPSA) is 54.0 Å². The summed E-state index contributed by atoms with van der Waals surface area (Å²) in [5.74, 6) is 0. The number of amides is 2. The molecule has 4 nitrogen and oxygen atoms in total. The molecule has 23 heavy (non-hydrogen) atoms. The van der Waals surface area contributed by atoms with Crippen molar-refractivity contribution in [1.82, 2.24) is 15.6 Å². The molecule has 0 spiro atoms. The van der Waals surface area contributed by atoms with Crippen LogP contribution < -0.4 is 10.6 Å². The highest BCUT2D eigenvalue weighted by atomic mass is 32.1. The zero-order valence-corrected chi connectivity index (χ0v) is 15.1. The summed E-state index contributed by atoms with van der Waals surface area (Å²) < 4.78 is 0. The number of nitrogens with one attached hydrogen (secondary N) is 2. The maximum atomic E-state index is 11.8. The Hall–Kier alpha value is -1.88. The van der Waals surface area contributed by atoms with E-state index in [1.165, 1.54) is 5.56 Å². The third-order valence-electron chi connectivity index (χ3n) is 3.52. The van der Waals surface area contributed by atoms with Crippen molar-refractivity contribution < 1.29 is 4.79 Å². The quantitative estimate of drug-likeness (QED) is 0.876. The molecule has 2 N–H and O–H groups in total. The van der Waals surface area contributed by atoms with E-state index in [4.69, 9.17) is 0 Å². The second-order valence-corrected chi connectivity index (χ2v) is 7.66. The van der Waals surface area contributed by atoms with E-state index in [-0.39, 0.29) is 11.4 Å². The number of aryl methyl sites for hydroxylation is 1. The van der Waals surface area contributed by atoms with Crippen LogP contribution in [0.5, 0.6) is 0 Å². The molecule has 2 rings (SSSR count). The standard InChI is InChI=1S/C18H25N3OS/c1-13-5-7-14(8-6-13)11-20-17(22)19-10-9-16-21-15(12-23-16)18(2,3)4/h5-8,12H,9-11H2,1-4H3,(H2,19,20,22). The Kier molecular flexibility index (Phi) is 5.77. The number of aromatic nitrogens is 1. The highest BCUT2D eigenvalue weighted by Crippen LogP contribution is 2.23. The zero-order chi connectivity index (χ0) is 16.9. The normalized spacial score (nSPS) is 11.3. The Labute approximate surface area is 142 Å². The third-order valence-corrected chi connectivity index (χ3v) is 4.43. The van der Waals surface area contributed by atoms with E-state index >= 15 is 0 Å². The van der Waals surface area contributed by atoms with Gasteiger partial charge < -0.3 is 10.6 Å². The minimum Gasteiger partial charge on any atom is -0.338 e. The van der Waals surface area contributed by atoms with Crippen molar-refractivity contribution in [2.24, 2.45) is 0 Å². The van der Waals surface area contributed by atoms with Crippen LogP contribution in [-0.4, -0.2) is 17.6 Å². The second kappa shape index (κ2) is 7.59. The van der Waals surface area contributed by atoms with Gasteiger partial charge in [0.1, 0.15) is 0 Å². The third kappa shape index (κ3) is 5.67. The number of hydrogen-bond acceptors (Lipinski definition) is 3. The molecule has 0 fully saturated rings. The van der Waals surface area contributed by atoms with Gasteiger partial charge in [-0.1, -0.05) is 50.6 Å². The summed E-state index contributed by atoms with van der Waals surface area (Å²) in [7, 11) is 0. The molecular formula is C18H25N3OS. The van der Waals surface area contributed by atoms with E-state index in [1.807, 2.05) is 31.2 Å². The molecule has 0 bridgehead atoms. The number of thiazole rings is 1. The van der Waals surface area contributed by atoms with Crippen LogP contribution in [0.15, 0.2) is 29.6 Å². The molecule has 2 aromatic rings. The average Bonchev–Trinajstić information content (AvgIpc) is 2.96. The molecule has 1 aromatic heterocycles. The molecule has 124 valence electrons. The number of urea groups is 1. The largest absolute Gasteiger partial charge is 0.338 e. The molecule has 0 unspecified atom stereocenters. The number of nitrogens with zero attached hydrogens (tertiary/aromatic N) is 1. The lowest BCUT2D eigenvalue weighted by atomic mass is 9.93. The average molecular weight is 331 g/mol. The number of carbonyl (C=O) groups is 1. The Balaban J connectivity index is 1.70. The van der Waals surface area contributed by atoms with Gasteiger partial charge in [-0.05, 0) is 12.5 Å². The van der Waals surface area contributed by atoms with Crippen LogP contribution in [0.1, 0.15) is 42.6 Å². The molecule has 0 aliphatic rings. The molecule has 5 heteroatoms. The summed E-state index contributed by atoms with van der Waals surface area (Å²) in [4.78, 5) is 16.4. The summed E-state index contributed by atoms with van der Waals surface area (Å²) in [5.41, 5.74) is 3.51. The highest BCUT2D eigenvalue weighted by Gasteiger charge is 2.17. The van der Waals surface area contributed by atoms with Crippen LogP contribution in [0.2, 0.25) is 0 Å². The lowest BCUT2D eigenvalue weighted by Gasteiger charge is -2.14. The monoisotopic (exact) mass is 331 g/mol. The fourth-order valence-corrected chi connectivity index (χ4v) is 3.03. The van der Waals surface area contributed by atoms with Crippen molar-refractivity contribution in [3.8, 4) is 0 Å². The van der Waals surface area contributed by atoms with Crippen LogP contribution in [0.4, 0.5) is 4.79 Å². The van der Waals surface area contributed by atoms with Gasteiger partial charge in [0.05, 0.1) is 10.7 Å². The molecule has 0 aliphatic heterocycles. The van der Waals surface area contributed by atoms with Crippen molar-refractivity contribution in [3.63, 3.8) is 0 Å². The molecule has 0 saturated heterocycles. The number of rotatable bonds is 5. The molecule has 0 saturated carbocycles. The van der Waals surface area contributed by atoms with Gasteiger partial charge in [-0.25, -0.2) is 9.78 Å². The Morgan fingerprint density at radius 2 is 1.87 bits per heavy atom. The van der Waals surface area contributed by atoms with E-state index in [1.54, 1.807) is 11.3 Å². The fraction of sp³-hybridized carbons (Fsp3) is 0.444. The van der Waals surface area contributed by atoms with Gasteiger partial charge in [0.25, 0.3) is 0 Å². The van der Waals surface area contributed by atoms with Crippen LogP contribution in [0, 0.1) is 6.92 Å². The Morgan fingerprint density at radius 1 is 1.17 bits per heavy atom. The minimum atomic E-state index is -0.141. The van der Waals surface area contributed by atoms with Gasteiger partial charge in [0, 0.05) is 30.3 Å². The van der Waals surface area contributed by atoms with Crippen molar-refractivity contribution >= 4 is 17.4 Å². The molecule has 1 heterocycles. The Morgan fingerprint density at radius 3 is 2.48 bits per heavy atom. The summed E-state index contributed by atoms with van der Waals surface area (Å²) in [6.45, 7) is 9.65. The zero-order valence-electron chi connectivity index (χ0n) is 14.3. The van der Waals surface area contributed by atoms with Gasteiger partial charge in [-0.2, -0.15) is 0 Å². The van der Waals surface area contributed by atoms with Crippen molar-refractivity contribution in [1.29, 1.82) is 0 Å². The highest BCUT2D eigenvalue weighted by molar-refractivity contribution is 7.09. The maximum absolute atomic E-state index is 11.8. The minimum absolute atomic E-state index is 0.0770. The first-order valence-electron chi connectivity index (χ1n) is 7.87. The molecule has 0 radical (unpaired) electrons. The molecule has 0 atom stereocenters. The van der Waals surface area contributed by atoms with E-state index in [0.717, 1.165) is 22.7 Å². The first-order valence-corrected chi connectivity index (χ1v) is 8.75.